The summed E-state index contributed by atoms with van der Waals surface area (Å²) in [4.78, 5) is 10.9. The molecule has 0 aliphatic carbocycles. The summed E-state index contributed by atoms with van der Waals surface area (Å²) in [5.41, 5.74) is 3.80. The highest BCUT2D eigenvalue weighted by atomic mass is 79.9. The van der Waals surface area contributed by atoms with Crippen LogP contribution in [0.15, 0.2) is 82.4 Å². The predicted molar refractivity (Wildman–Crippen MR) is 113 cm³/mol. The van der Waals surface area contributed by atoms with Crippen LogP contribution in [0.2, 0.25) is 0 Å². The number of nitro groups is 1. The van der Waals surface area contributed by atoms with Crippen LogP contribution in [0.4, 0.5) is 5.69 Å². The monoisotopic (exact) mass is 449 g/mol. The van der Waals surface area contributed by atoms with Gasteiger partial charge in [-0.3, -0.25) is 10.1 Å². The van der Waals surface area contributed by atoms with Crippen molar-refractivity contribution in [3.05, 3.63) is 104 Å². The van der Waals surface area contributed by atoms with Gasteiger partial charge in [-0.2, -0.15) is 5.10 Å². The molecule has 0 aromatic heterocycles. The topological polar surface area (TPSA) is 68.0 Å². The molecule has 2 aliphatic rings. The number of nitrogens with zero attached hydrogens (tertiary/aromatic N) is 3. The summed E-state index contributed by atoms with van der Waals surface area (Å²) in [6.07, 6.45) is 0.249. The van der Waals surface area contributed by atoms with Gasteiger partial charge >= 0.3 is 0 Å². The van der Waals surface area contributed by atoms with Crippen molar-refractivity contribution in [2.45, 2.75) is 18.7 Å². The number of non-ortho nitro benzene ring substituents is 1. The van der Waals surface area contributed by atoms with Gasteiger partial charge in [0.05, 0.1) is 16.7 Å². The molecule has 2 heterocycles. The SMILES string of the molecule is O=[N+]([O-])c1ccc2c(c1)[C@@H]1CC(c3ccccc3)=NN1[C@H](c1cccc(Br)c1)O2. The van der Waals surface area contributed by atoms with Crippen molar-refractivity contribution in [2.24, 2.45) is 5.10 Å². The van der Waals surface area contributed by atoms with E-state index in [1.165, 1.54) is 6.07 Å². The quantitative estimate of drug-likeness (QED) is 0.385. The second-order valence-electron chi connectivity index (χ2n) is 7.02. The van der Waals surface area contributed by atoms with E-state index in [1.807, 2.05) is 59.6 Å². The average Bonchev–Trinajstić information content (AvgIpc) is 3.19. The fraction of sp³-hybridized carbons (Fsp3) is 0.136. The van der Waals surface area contributed by atoms with Crippen LogP contribution < -0.4 is 4.74 Å². The van der Waals surface area contributed by atoms with E-state index in [-0.39, 0.29) is 16.7 Å². The molecular weight excluding hydrogens is 434 g/mol. The van der Waals surface area contributed by atoms with Crippen LogP contribution >= 0.6 is 15.9 Å². The summed E-state index contributed by atoms with van der Waals surface area (Å²) in [7, 11) is 0. The molecule has 2 aliphatic heterocycles. The largest absolute Gasteiger partial charge is 0.464 e. The highest BCUT2D eigenvalue weighted by Crippen LogP contribution is 2.48. The molecule has 144 valence electrons. The molecular formula is C22H16BrN3O3. The van der Waals surface area contributed by atoms with Gasteiger partial charge in [0.25, 0.3) is 5.69 Å². The normalized spacial score (nSPS) is 19.8. The predicted octanol–water partition coefficient (Wildman–Crippen LogP) is 5.60. The minimum atomic E-state index is -0.410. The Balaban J connectivity index is 1.62. The number of nitro benzene ring substituents is 1. The third-order valence-corrected chi connectivity index (χ3v) is 5.72. The van der Waals surface area contributed by atoms with Crippen LogP contribution in [0.1, 0.15) is 35.4 Å². The Morgan fingerprint density at radius 3 is 2.66 bits per heavy atom. The highest BCUT2D eigenvalue weighted by Gasteiger charge is 2.41. The van der Waals surface area contributed by atoms with Crippen molar-refractivity contribution in [1.82, 2.24) is 5.01 Å². The summed E-state index contributed by atoms with van der Waals surface area (Å²) in [6, 6.07) is 22.6. The molecule has 6 nitrogen and oxygen atoms in total. The zero-order chi connectivity index (χ0) is 20.0. The van der Waals surface area contributed by atoms with E-state index in [1.54, 1.807) is 12.1 Å². The molecule has 3 aromatic rings. The summed E-state index contributed by atoms with van der Waals surface area (Å²) < 4.78 is 7.24. The number of hydrogen-bond acceptors (Lipinski definition) is 5. The van der Waals surface area contributed by atoms with E-state index in [2.05, 4.69) is 15.9 Å². The maximum absolute atomic E-state index is 11.3. The molecule has 0 radical (unpaired) electrons. The smallest absolute Gasteiger partial charge is 0.270 e. The Labute approximate surface area is 175 Å². The molecule has 29 heavy (non-hydrogen) atoms. The zero-order valence-electron chi connectivity index (χ0n) is 15.2. The van der Waals surface area contributed by atoms with Crippen LogP contribution in [0.5, 0.6) is 5.75 Å². The van der Waals surface area contributed by atoms with Gasteiger partial charge in [-0.1, -0.05) is 58.4 Å². The Hall–Kier alpha value is -3.19. The van der Waals surface area contributed by atoms with E-state index in [0.29, 0.717) is 12.2 Å². The molecule has 2 atom stereocenters. The van der Waals surface area contributed by atoms with Gasteiger partial charge in [0, 0.05) is 34.2 Å². The fourth-order valence-corrected chi connectivity index (χ4v) is 4.29. The van der Waals surface area contributed by atoms with Crippen molar-refractivity contribution in [2.75, 3.05) is 0 Å². The number of fused-ring (bicyclic) bond motifs is 3. The van der Waals surface area contributed by atoms with Gasteiger partial charge in [-0.05, 0) is 23.8 Å². The van der Waals surface area contributed by atoms with Crippen molar-refractivity contribution in [1.29, 1.82) is 0 Å². The van der Waals surface area contributed by atoms with Crippen molar-refractivity contribution >= 4 is 27.3 Å². The van der Waals surface area contributed by atoms with Crippen molar-refractivity contribution in [3.63, 3.8) is 0 Å². The maximum Gasteiger partial charge on any atom is 0.270 e. The molecule has 0 amide bonds. The lowest BCUT2D eigenvalue weighted by Crippen LogP contribution is -2.33. The minimum Gasteiger partial charge on any atom is -0.464 e. The number of halogens is 1. The third kappa shape index (κ3) is 3.17. The first-order valence-electron chi connectivity index (χ1n) is 9.22. The molecule has 3 aromatic carbocycles. The molecule has 0 bridgehead atoms. The number of hydrogen-bond donors (Lipinski definition) is 0. The molecule has 0 unspecified atom stereocenters. The van der Waals surface area contributed by atoms with E-state index >= 15 is 0 Å². The van der Waals surface area contributed by atoms with Crippen molar-refractivity contribution < 1.29 is 9.66 Å². The standard InChI is InChI=1S/C22H16BrN3O3/c23-16-8-4-7-15(11-16)22-25-20(13-19(24-25)14-5-2-1-3-6-14)18-12-17(26(27)28)9-10-21(18)29-22/h1-12,20,22H,13H2/t20-,22-/m0/s1. The average molecular weight is 450 g/mol. The number of hydrazone groups is 1. The van der Waals surface area contributed by atoms with Gasteiger partial charge < -0.3 is 4.74 Å². The van der Waals surface area contributed by atoms with Gasteiger partial charge in [-0.15, -0.1) is 0 Å². The molecule has 7 heteroatoms. The Morgan fingerprint density at radius 1 is 1.07 bits per heavy atom. The lowest BCUT2D eigenvalue weighted by Gasteiger charge is -2.38. The number of ether oxygens (including phenoxy) is 1. The van der Waals surface area contributed by atoms with E-state index in [4.69, 9.17) is 9.84 Å². The van der Waals surface area contributed by atoms with Crippen LogP contribution in [0.25, 0.3) is 0 Å². The van der Waals surface area contributed by atoms with Crippen LogP contribution in [0.3, 0.4) is 0 Å². The van der Waals surface area contributed by atoms with E-state index in [0.717, 1.165) is 26.9 Å². The fourth-order valence-electron chi connectivity index (χ4n) is 3.87. The molecule has 0 N–H and O–H groups in total. The first-order valence-corrected chi connectivity index (χ1v) is 10.0. The van der Waals surface area contributed by atoms with Crippen LogP contribution in [-0.4, -0.2) is 15.6 Å². The Bertz CT molecular complexity index is 1130. The van der Waals surface area contributed by atoms with E-state index < -0.39 is 6.23 Å². The third-order valence-electron chi connectivity index (χ3n) is 5.23. The second kappa shape index (κ2) is 7.00. The molecule has 5 rings (SSSR count). The van der Waals surface area contributed by atoms with Gasteiger partial charge in [-0.25, -0.2) is 5.01 Å². The highest BCUT2D eigenvalue weighted by molar-refractivity contribution is 9.10. The zero-order valence-corrected chi connectivity index (χ0v) is 16.8. The van der Waals surface area contributed by atoms with Gasteiger partial charge in [0.1, 0.15) is 5.75 Å². The molecule has 0 fully saturated rings. The molecule has 0 spiro atoms. The molecule has 0 saturated heterocycles. The minimum absolute atomic E-state index is 0.0568. The summed E-state index contributed by atoms with van der Waals surface area (Å²) >= 11 is 3.52. The summed E-state index contributed by atoms with van der Waals surface area (Å²) in [6.45, 7) is 0. The van der Waals surface area contributed by atoms with Gasteiger partial charge in [0.15, 0.2) is 0 Å². The summed E-state index contributed by atoms with van der Waals surface area (Å²) in [5, 5.41) is 18.1. The Morgan fingerprint density at radius 2 is 1.90 bits per heavy atom. The van der Waals surface area contributed by atoms with E-state index in [9.17, 15) is 10.1 Å². The first-order chi connectivity index (χ1) is 14.1. The number of rotatable bonds is 3. The van der Waals surface area contributed by atoms with Crippen LogP contribution in [0, 0.1) is 10.1 Å². The van der Waals surface area contributed by atoms with Gasteiger partial charge in [0.2, 0.25) is 6.23 Å². The number of benzene rings is 3. The molecule has 0 saturated carbocycles. The second-order valence-corrected chi connectivity index (χ2v) is 7.93. The lowest BCUT2D eigenvalue weighted by molar-refractivity contribution is -0.385. The first kappa shape index (κ1) is 17.9. The lowest BCUT2D eigenvalue weighted by atomic mass is 9.95. The Kier molecular flexibility index (Phi) is 4.32. The van der Waals surface area contributed by atoms with Crippen molar-refractivity contribution in [3.8, 4) is 5.75 Å². The van der Waals surface area contributed by atoms with Crippen LogP contribution in [-0.2, 0) is 0 Å². The maximum atomic E-state index is 11.3. The summed E-state index contributed by atoms with van der Waals surface area (Å²) in [5.74, 6) is 0.659.